The Labute approximate surface area is 130 Å². The molecular weight excluding hydrogens is 284 g/mol. The van der Waals surface area contributed by atoms with Gasteiger partial charge in [-0.15, -0.1) is 0 Å². The molecule has 1 fully saturated rings. The predicted octanol–water partition coefficient (Wildman–Crippen LogP) is 1.08. The van der Waals surface area contributed by atoms with Gasteiger partial charge >= 0.3 is 5.97 Å². The molecule has 2 rings (SSSR count). The Morgan fingerprint density at radius 2 is 2.18 bits per heavy atom. The van der Waals surface area contributed by atoms with Crippen molar-refractivity contribution in [1.29, 1.82) is 0 Å². The Bertz CT molecular complexity index is 509. The summed E-state index contributed by atoms with van der Waals surface area (Å²) >= 11 is 0. The van der Waals surface area contributed by atoms with E-state index in [0.717, 1.165) is 19.4 Å². The van der Waals surface area contributed by atoms with Gasteiger partial charge in [0.25, 0.3) is 0 Å². The van der Waals surface area contributed by atoms with Crippen LogP contribution in [0.3, 0.4) is 0 Å². The number of hydrogen-bond donors (Lipinski definition) is 1. The van der Waals surface area contributed by atoms with E-state index < -0.39 is 0 Å². The first kappa shape index (κ1) is 16.4. The van der Waals surface area contributed by atoms with Crippen LogP contribution in [0.25, 0.3) is 0 Å². The Balaban J connectivity index is 1.92. The van der Waals surface area contributed by atoms with Crippen molar-refractivity contribution < 1.29 is 14.3 Å². The largest absolute Gasteiger partial charge is 0.466 e. The van der Waals surface area contributed by atoms with Crippen LogP contribution in [0.15, 0.2) is 18.5 Å². The molecule has 0 aromatic carbocycles. The highest BCUT2D eigenvalue weighted by atomic mass is 16.5. The first-order valence-corrected chi connectivity index (χ1v) is 7.60. The molecule has 22 heavy (non-hydrogen) atoms. The first-order chi connectivity index (χ1) is 10.6. The maximum Gasteiger partial charge on any atom is 0.310 e. The summed E-state index contributed by atoms with van der Waals surface area (Å²) in [5.74, 6) is -0.211. The molecular formula is C15H22N4O3. The fraction of sp³-hybridized carbons (Fsp3) is 0.600. The number of piperidine rings is 1. The van der Waals surface area contributed by atoms with Crippen molar-refractivity contribution in [1.82, 2.24) is 14.9 Å². The van der Waals surface area contributed by atoms with Crippen LogP contribution in [-0.2, 0) is 14.3 Å². The van der Waals surface area contributed by atoms with Crippen LogP contribution in [0.5, 0.6) is 0 Å². The molecule has 1 aromatic heterocycles. The zero-order chi connectivity index (χ0) is 15.9. The molecule has 1 aromatic rings. The SMILES string of the molecule is CCOC(=O)[C@H]1CCCN([C@H](C)C(=O)Nc2ncccn2)C1. The van der Waals surface area contributed by atoms with Crippen molar-refractivity contribution in [3.63, 3.8) is 0 Å². The number of carbonyl (C=O) groups is 2. The van der Waals surface area contributed by atoms with Crippen LogP contribution >= 0.6 is 0 Å². The summed E-state index contributed by atoms with van der Waals surface area (Å²) in [4.78, 5) is 34.1. The molecule has 0 spiro atoms. The first-order valence-electron chi connectivity index (χ1n) is 7.60. The standard InChI is InChI=1S/C15H22N4O3/c1-3-22-14(21)12-6-4-9-19(10-12)11(2)13(20)18-15-16-7-5-8-17-15/h5,7-8,11-12H,3-4,6,9-10H2,1-2H3,(H,16,17,18,20)/t11-,12+/m1/s1. The molecule has 120 valence electrons. The topological polar surface area (TPSA) is 84.4 Å². The lowest BCUT2D eigenvalue weighted by Gasteiger charge is -2.34. The lowest BCUT2D eigenvalue weighted by molar-refractivity contribution is -0.150. The molecule has 0 bridgehead atoms. The lowest BCUT2D eigenvalue weighted by atomic mass is 9.97. The number of rotatable bonds is 5. The van der Waals surface area contributed by atoms with Crippen molar-refractivity contribution in [3.8, 4) is 0 Å². The molecule has 0 aliphatic carbocycles. The number of ether oxygens (including phenoxy) is 1. The van der Waals surface area contributed by atoms with Crippen molar-refractivity contribution >= 4 is 17.8 Å². The van der Waals surface area contributed by atoms with Crippen molar-refractivity contribution in [2.75, 3.05) is 25.0 Å². The number of likely N-dealkylation sites (tertiary alicyclic amines) is 1. The van der Waals surface area contributed by atoms with Gasteiger partial charge < -0.3 is 4.74 Å². The van der Waals surface area contributed by atoms with E-state index in [1.807, 2.05) is 11.8 Å². The van der Waals surface area contributed by atoms with E-state index in [1.54, 1.807) is 25.4 Å². The van der Waals surface area contributed by atoms with Gasteiger partial charge in [-0.05, 0) is 39.3 Å². The Morgan fingerprint density at radius 3 is 2.86 bits per heavy atom. The van der Waals surface area contributed by atoms with E-state index in [2.05, 4.69) is 15.3 Å². The van der Waals surface area contributed by atoms with Crippen LogP contribution in [0.1, 0.15) is 26.7 Å². The van der Waals surface area contributed by atoms with Gasteiger partial charge in [0.05, 0.1) is 18.6 Å². The van der Waals surface area contributed by atoms with Gasteiger partial charge in [-0.1, -0.05) is 0 Å². The minimum absolute atomic E-state index is 0.156. The highest BCUT2D eigenvalue weighted by Gasteiger charge is 2.31. The van der Waals surface area contributed by atoms with Gasteiger partial charge in [0, 0.05) is 18.9 Å². The van der Waals surface area contributed by atoms with Gasteiger partial charge in [0.2, 0.25) is 11.9 Å². The number of amides is 1. The molecule has 7 nitrogen and oxygen atoms in total. The predicted molar refractivity (Wildman–Crippen MR) is 81.1 cm³/mol. The second-order valence-electron chi connectivity index (χ2n) is 5.32. The zero-order valence-corrected chi connectivity index (χ0v) is 13.0. The van der Waals surface area contributed by atoms with Gasteiger partial charge in [-0.25, -0.2) is 9.97 Å². The molecule has 7 heteroatoms. The molecule has 1 amide bonds. The highest BCUT2D eigenvalue weighted by Crippen LogP contribution is 2.20. The summed E-state index contributed by atoms with van der Waals surface area (Å²) in [5.41, 5.74) is 0. The second kappa shape index (κ2) is 7.84. The summed E-state index contributed by atoms with van der Waals surface area (Å²) in [6, 6.07) is 1.34. The summed E-state index contributed by atoms with van der Waals surface area (Å²) < 4.78 is 5.08. The van der Waals surface area contributed by atoms with Crippen LogP contribution in [0.2, 0.25) is 0 Å². The Hall–Kier alpha value is -2.02. The van der Waals surface area contributed by atoms with E-state index in [9.17, 15) is 9.59 Å². The second-order valence-corrected chi connectivity index (χ2v) is 5.32. The van der Waals surface area contributed by atoms with Crippen LogP contribution in [0, 0.1) is 5.92 Å². The molecule has 1 aliphatic heterocycles. The van der Waals surface area contributed by atoms with Crippen LogP contribution in [0.4, 0.5) is 5.95 Å². The van der Waals surface area contributed by atoms with Gasteiger partial charge in [0.15, 0.2) is 0 Å². The summed E-state index contributed by atoms with van der Waals surface area (Å²) in [5, 5.41) is 2.69. The highest BCUT2D eigenvalue weighted by molar-refractivity contribution is 5.93. The van der Waals surface area contributed by atoms with E-state index >= 15 is 0 Å². The fourth-order valence-corrected chi connectivity index (χ4v) is 2.55. The summed E-state index contributed by atoms with van der Waals surface area (Å²) in [7, 11) is 0. The third-order valence-corrected chi connectivity index (χ3v) is 3.80. The number of esters is 1. The Morgan fingerprint density at radius 1 is 1.45 bits per heavy atom. The smallest absolute Gasteiger partial charge is 0.310 e. The number of nitrogens with zero attached hydrogens (tertiary/aromatic N) is 3. The number of carbonyl (C=O) groups excluding carboxylic acids is 2. The minimum atomic E-state index is -0.346. The van der Waals surface area contributed by atoms with Crippen molar-refractivity contribution in [3.05, 3.63) is 18.5 Å². The number of nitrogens with one attached hydrogen (secondary N) is 1. The molecule has 0 unspecified atom stereocenters. The van der Waals surface area contributed by atoms with Crippen molar-refractivity contribution in [2.24, 2.45) is 5.92 Å². The number of aromatic nitrogens is 2. The quantitative estimate of drug-likeness (QED) is 0.819. The average molecular weight is 306 g/mol. The average Bonchev–Trinajstić information content (AvgIpc) is 2.55. The lowest BCUT2D eigenvalue weighted by Crippen LogP contribution is -2.48. The molecule has 2 atom stereocenters. The summed E-state index contributed by atoms with van der Waals surface area (Å²) in [6.07, 6.45) is 4.84. The van der Waals surface area contributed by atoms with E-state index in [-0.39, 0.29) is 23.8 Å². The van der Waals surface area contributed by atoms with Crippen molar-refractivity contribution in [2.45, 2.75) is 32.7 Å². The van der Waals surface area contributed by atoms with Crippen LogP contribution in [-0.4, -0.2) is 52.5 Å². The van der Waals surface area contributed by atoms with E-state index in [4.69, 9.17) is 4.74 Å². The maximum atomic E-state index is 12.3. The molecule has 0 radical (unpaired) electrons. The summed E-state index contributed by atoms with van der Waals surface area (Å²) in [6.45, 7) is 5.35. The van der Waals surface area contributed by atoms with E-state index in [0.29, 0.717) is 19.1 Å². The Kier molecular flexibility index (Phi) is 5.83. The number of anilines is 1. The third-order valence-electron chi connectivity index (χ3n) is 3.80. The fourth-order valence-electron chi connectivity index (χ4n) is 2.55. The molecule has 2 heterocycles. The molecule has 0 saturated carbocycles. The van der Waals surface area contributed by atoms with Gasteiger partial charge in [-0.3, -0.25) is 19.8 Å². The molecule has 1 N–H and O–H groups in total. The monoisotopic (exact) mass is 306 g/mol. The number of hydrogen-bond acceptors (Lipinski definition) is 6. The van der Waals surface area contributed by atoms with E-state index in [1.165, 1.54) is 0 Å². The molecule has 1 saturated heterocycles. The van der Waals surface area contributed by atoms with Gasteiger partial charge in [-0.2, -0.15) is 0 Å². The molecule has 1 aliphatic rings. The van der Waals surface area contributed by atoms with Gasteiger partial charge in [0.1, 0.15) is 0 Å². The third kappa shape index (κ3) is 4.24. The minimum Gasteiger partial charge on any atom is -0.466 e. The normalized spacial score (nSPS) is 20.2. The zero-order valence-electron chi connectivity index (χ0n) is 13.0. The maximum absolute atomic E-state index is 12.3. The van der Waals surface area contributed by atoms with Crippen LogP contribution < -0.4 is 5.32 Å².